The molecule has 6 rings (SSSR count). The number of nitrogens with zero attached hydrogens (tertiary/aromatic N) is 4. The summed E-state index contributed by atoms with van der Waals surface area (Å²) in [5.41, 5.74) is -1.35. The molecule has 4 fully saturated rings. The molecule has 292 valence electrons. The van der Waals surface area contributed by atoms with Gasteiger partial charge in [0.1, 0.15) is 12.2 Å². The standard InChI is InChI=1S/C38H50F6N6O3/c39-37(40,41)29-5-1-3-27(23-29)25-33(35(51)49-19-15-47(16-20-49)31-7-11-45-12-8-31)53-34(26-28-4-2-6-30(24-28)38(42,43)44)36(52)50-21-17-48(18-22-50)32-9-13-46-14-10-32/h1-6,23-24,31-34,45-46H,7-22,25-26H2/t33-,34-/m1/s1. The molecule has 0 radical (unpaired) electrons. The highest BCUT2D eigenvalue weighted by molar-refractivity contribution is 5.84. The van der Waals surface area contributed by atoms with Gasteiger partial charge in [0.05, 0.1) is 11.1 Å². The Labute approximate surface area is 307 Å². The number of piperazine rings is 2. The molecule has 4 saturated heterocycles. The largest absolute Gasteiger partial charge is 0.416 e. The number of carbonyl (C=O) groups excluding carboxylic acids is 2. The van der Waals surface area contributed by atoms with Crippen LogP contribution in [0.1, 0.15) is 47.9 Å². The number of rotatable bonds is 10. The molecule has 15 heteroatoms. The fourth-order valence-corrected chi connectivity index (χ4v) is 8.13. The van der Waals surface area contributed by atoms with Gasteiger partial charge in [0.25, 0.3) is 11.8 Å². The number of carbonyl (C=O) groups is 2. The summed E-state index contributed by atoms with van der Waals surface area (Å²) in [6.45, 7) is 7.73. The van der Waals surface area contributed by atoms with Crippen molar-refractivity contribution in [3.05, 3.63) is 70.8 Å². The number of alkyl halides is 6. The van der Waals surface area contributed by atoms with E-state index in [1.54, 1.807) is 9.80 Å². The summed E-state index contributed by atoms with van der Waals surface area (Å²) >= 11 is 0. The maximum Gasteiger partial charge on any atom is 0.416 e. The van der Waals surface area contributed by atoms with Gasteiger partial charge in [-0.1, -0.05) is 36.4 Å². The van der Waals surface area contributed by atoms with E-state index in [2.05, 4.69) is 20.4 Å². The SMILES string of the molecule is O=C([C@@H](Cc1cccc(C(F)(F)F)c1)O[C@H](Cc1cccc(C(F)(F)F)c1)C(=O)N1CCN(C2CCNCC2)CC1)N1CCN(C2CCNCC2)CC1. The first-order valence-corrected chi connectivity index (χ1v) is 18.8. The minimum absolute atomic E-state index is 0.201. The summed E-state index contributed by atoms with van der Waals surface area (Å²) in [6, 6.07) is 10.1. The van der Waals surface area contributed by atoms with Gasteiger partial charge in [-0.25, -0.2) is 0 Å². The van der Waals surface area contributed by atoms with Crippen molar-refractivity contribution in [2.75, 3.05) is 78.5 Å². The van der Waals surface area contributed by atoms with Crippen molar-refractivity contribution in [3.8, 4) is 0 Å². The Hall–Kier alpha value is -3.24. The fourth-order valence-electron chi connectivity index (χ4n) is 8.13. The topological polar surface area (TPSA) is 80.4 Å². The van der Waals surface area contributed by atoms with Crippen LogP contribution < -0.4 is 10.6 Å². The van der Waals surface area contributed by atoms with E-state index in [4.69, 9.17) is 4.74 Å². The second-order valence-electron chi connectivity index (χ2n) is 14.6. The average molecular weight is 753 g/mol. The van der Waals surface area contributed by atoms with Crippen molar-refractivity contribution in [2.45, 2.75) is 75.2 Å². The Morgan fingerprint density at radius 1 is 0.604 bits per heavy atom. The summed E-state index contributed by atoms with van der Waals surface area (Å²) < 4.78 is 88.8. The zero-order chi connectivity index (χ0) is 37.6. The number of amides is 2. The van der Waals surface area contributed by atoms with Crippen LogP contribution in [0.25, 0.3) is 0 Å². The lowest BCUT2D eigenvalue weighted by molar-refractivity contribution is -0.160. The summed E-state index contributed by atoms with van der Waals surface area (Å²) in [6.07, 6.45) is -8.40. The molecule has 0 aromatic heterocycles. The van der Waals surface area contributed by atoms with E-state index in [0.717, 1.165) is 76.1 Å². The number of ether oxygens (including phenoxy) is 1. The van der Waals surface area contributed by atoms with Crippen molar-refractivity contribution in [1.82, 2.24) is 30.2 Å². The highest BCUT2D eigenvalue weighted by atomic mass is 19.4. The first-order valence-electron chi connectivity index (χ1n) is 18.8. The van der Waals surface area contributed by atoms with Gasteiger partial charge in [0.2, 0.25) is 0 Å². The number of piperidine rings is 2. The zero-order valence-electron chi connectivity index (χ0n) is 29.9. The predicted octanol–water partition coefficient (Wildman–Crippen LogP) is 4.06. The van der Waals surface area contributed by atoms with Gasteiger partial charge >= 0.3 is 12.4 Å². The lowest BCUT2D eigenvalue weighted by Gasteiger charge is -2.42. The summed E-state index contributed by atoms with van der Waals surface area (Å²) in [4.78, 5) is 36.6. The van der Waals surface area contributed by atoms with Crippen LogP contribution in [0.5, 0.6) is 0 Å². The Bertz CT molecular complexity index is 1400. The maximum atomic E-state index is 14.3. The quantitative estimate of drug-likeness (QED) is 0.355. The second-order valence-corrected chi connectivity index (χ2v) is 14.6. The van der Waals surface area contributed by atoms with Crippen LogP contribution in [-0.4, -0.2) is 134 Å². The van der Waals surface area contributed by atoms with Gasteiger partial charge in [0, 0.05) is 77.3 Å². The van der Waals surface area contributed by atoms with Gasteiger partial charge in [-0.05, 0) is 75.1 Å². The lowest BCUT2D eigenvalue weighted by Crippen LogP contribution is -2.58. The van der Waals surface area contributed by atoms with Gasteiger partial charge < -0.3 is 25.2 Å². The fraction of sp³-hybridized carbons (Fsp3) is 0.632. The van der Waals surface area contributed by atoms with E-state index in [-0.39, 0.29) is 24.0 Å². The van der Waals surface area contributed by atoms with Crippen molar-refractivity contribution in [1.29, 1.82) is 0 Å². The van der Waals surface area contributed by atoms with Gasteiger partial charge in [-0.2, -0.15) is 26.3 Å². The summed E-state index contributed by atoms with van der Waals surface area (Å²) in [5.74, 6) is -0.908. The number of benzene rings is 2. The lowest BCUT2D eigenvalue weighted by atomic mass is 10.0. The van der Waals surface area contributed by atoms with E-state index < -0.39 is 47.5 Å². The van der Waals surface area contributed by atoms with Crippen LogP contribution in [0.4, 0.5) is 26.3 Å². The molecule has 2 atom stereocenters. The Morgan fingerprint density at radius 2 is 0.962 bits per heavy atom. The molecule has 2 N–H and O–H groups in total. The third-order valence-corrected chi connectivity index (χ3v) is 11.1. The monoisotopic (exact) mass is 752 g/mol. The maximum absolute atomic E-state index is 14.3. The van der Waals surface area contributed by atoms with Crippen LogP contribution >= 0.6 is 0 Å². The number of hydrogen-bond donors (Lipinski definition) is 2. The minimum atomic E-state index is -4.61. The van der Waals surface area contributed by atoms with Crippen molar-refractivity contribution < 1.29 is 40.7 Å². The van der Waals surface area contributed by atoms with Crippen molar-refractivity contribution in [2.24, 2.45) is 0 Å². The molecule has 9 nitrogen and oxygen atoms in total. The molecule has 0 spiro atoms. The van der Waals surface area contributed by atoms with Crippen molar-refractivity contribution >= 4 is 11.8 Å². The molecule has 2 aromatic rings. The summed E-state index contributed by atoms with van der Waals surface area (Å²) in [7, 11) is 0. The van der Waals surface area contributed by atoms with Crippen LogP contribution in [0.3, 0.4) is 0 Å². The first kappa shape index (κ1) is 39.5. The van der Waals surface area contributed by atoms with E-state index in [1.165, 1.54) is 24.3 Å². The Balaban J connectivity index is 1.25. The summed E-state index contributed by atoms with van der Waals surface area (Å²) in [5, 5.41) is 6.72. The van der Waals surface area contributed by atoms with Crippen LogP contribution in [-0.2, 0) is 39.5 Å². The highest BCUT2D eigenvalue weighted by Crippen LogP contribution is 2.32. The molecular weight excluding hydrogens is 702 g/mol. The highest BCUT2D eigenvalue weighted by Gasteiger charge is 2.38. The Morgan fingerprint density at radius 3 is 1.30 bits per heavy atom. The first-order chi connectivity index (χ1) is 25.3. The molecule has 2 amide bonds. The number of hydrogen-bond acceptors (Lipinski definition) is 7. The van der Waals surface area contributed by atoms with E-state index >= 15 is 0 Å². The minimum Gasteiger partial charge on any atom is -0.355 e. The molecule has 4 heterocycles. The van der Waals surface area contributed by atoms with Crippen LogP contribution in [0, 0.1) is 0 Å². The smallest absolute Gasteiger partial charge is 0.355 e. The molecule has 4 aliphatic rings. The molecule has 53 heavy (non-hydrogen) atoms. The number of halogens is 6. The third kappa shape index (κ3) is 10.5. The molecule has 2 aromatic carbocycles. The second kappa shape index (κ2) is 17.5. The van der Waals surface area contributed by atoms with E-state index in [1.807, 2.05) is 0 Å². The zero-order valence-corrected chi connectivity index (χ0v) is 29.9. The van der Waals surface area contributed by atoms with Crippen molar-refractivity contribution in [3.63, 3.8) is 0 Å². The predicted molar refractivity (Wildman–Crippen MR) is 187 cm³/mol. The van der Waals surface area contributed by atoms with Crippen LogP contribution in [0.15, 0.2) is 48.5 Å². The third-order valence-electron chi connectivity index (χ3n) is 11.1. The van der Waals surface area contributed by atoms with E-state index in [0.29, 0.717) is 64.4 Å². The normalized spacial score (nSPS) is 21.8. The van der Waals surface area contributed by atoms with E-state index in [9.17, 15) is 35.9 Å². The molecule has 0 unspecified atom stereocenters. The molecule has 0 aliphatic carbocycles. The van der Waals surface area contributed by atoms with Gasteiger partial charge in [0.15, 0.2) is 0 Å². The van der Waals surface area contributed by atoms with Gasteiger partial charge in [-0.15, -0.1) is 0 Å². The number of nitrogens with one attached hydrogen (secondary N) is 2. The van der Waals surface area contributed by atoms with Crippen LogP contribution in [0.2, 0.25) is 0 Å². The van der Waals surface area contributed by atoms with Gasteiger partial charge in [-0.3, -0.25) is 19.4 Å². The molecule has 0 saturated carbocycles. The Kier molecular flexibility index (Phi) is 13.0. The molecular formula is C38H50F6N6O3. The molecule has 4 aliphatic heterocycles. The average Bonchev–Trinajstić information content (AvgIpc) is 3.17. The molecule has 0 bridgehead atoms.